The Kier molecular flexibility index (Phi) is 2.49. The van der Waals surface area contributed by atoms with Gasteiger partial charge >= 0.3 is 0 Å². The zero-order valence-electron chi connectivity index (χ0n) is 11.7. The summed E-state index contributed by atoms with van der Waals surface area (Å²) in [6.07, 6.45) is 4.71. The predicted octanol–water partition coefficient (Wildman–Crippen LogP) is 1.35. The van der Waals surface area contributed by atoms with Crippen molar-refractivity contribution < 1.29 is 14.0 Å². The van der Waals surface area contributed by atoms with Crippen molar-refractivity contribution in [1.29, 1.82) is 0 Å². The maximum Gasteiger partial charge on any atom is 0.260 e. The highest BCUT2D eigenvalue weighted by atomic mass is 19.1. The zero-order valence-corrected chi connectivity index (χ0v) is 11.7. The molecular formula is C15H21FN2O2. The molecule has 1 spiro atoms. The number of carbonyl (C=O) groups excluding carboxylic acids is 2. The minimum absolute atomic E-state index is 0.224. The van der Waals surface area contributed by atoms with Gasteiger partial charge in [0.1, 0.15) is 0 Å². The molecule has 0 aromatic carbocycles. The molecule has 4 aliphatic rings. The molecule has 0 unspecified atom stereocenters. The number of nitrogens with zero attached hydrogens (tertiary/aromatic N) is 2. The van der Waals surface area contributed by atoms with Crippen molar-refractivity contribution in [2.75, 3.05) is 26.2 Å². The first-order chi connectivity index (χ1) is 9.52. The van der Waals surface area contributed by atoms with E-state index in [0.717, 1.165) is 31.8 Å². The fourth-order valence-corrected chi connectivity index (χ4v) is 3.63. The molecule has 2 amide bonds. The maximum absolute atomic E-state index is 13.8. The summed E-state index contributed by atoms with van der Waals surface area (Å²) >= 11 is 0. The highest BCUT2D eigenvalue weighted by Crippen LogP contribution is 2.46. The average molecular weight is 280 g/mol. The molecule has 0 N–H and O–H groups in total. The van der Waals surface area contributed by atoms with E-state index in [2.05, 4.69) is 0 Å². The van der Waals surface area contributed by atoms with Crippen LogP contribution in [0.25, 0.3) is 0 Å². The smallest absolute Gasteiger partial charge is 0.260 e. The molecule has 0 aromatic heterocycles. The third-order valence-electron chi connectivity index (χ3n) is 5.49. The van der Waals surface area contributed by atoms with Gasteiger partial charge in [-0.3, -0.25) is 9.59 Å². The first-order valence-electron chi connectivity index (χ1n) is 7.80. The molecule has 4 rings (SSSR count). The monoisotopic (exact) mass is 280 g/mol. The van der Waals surface area contributed by atoms with Gasteiger partial charge in [0, 0.05) is 26.2 Å². The van der Waals surface area contributed by atoms with E-state index in [0.29, 0.717) is 25.9 Å². The molecule has 0 atom stereocenters. The fraction of sp³-hybridized carbons (Fsp3) is 0.867. The van der Waals surface area contributed by atoms with Crippen molar-refractivity contribution in [1.82, 2.24) is 9.80 Å². The minimum atomic E-state index is -1.56. The SMILES string of the molecule is O=C(N1CCC2(CC1)CN(CC1CC1)C2=O)C1(F)CC1. The van der Waals surface area contributed by atoms with Crippen LogP contribution in [0.15, 0.2) is 0 Å². The van der Waals surface area contributed by atoms with E-state index < -0.39 is 5.67 Å². The van der Waals surface area contributed by atoms with E-state index in [4.69, 9.17) is 0 Å². The lowest BCUT2D eigenvalue weighted by molar-refractivity contribution is -0.168. The molecule has 4 nitrogen and oxygen atoms in total. The molecule has 4 fully saturated rings. The Balaban J connectivity index is 1.33. The molecular weight excluding hydrogens is 259 g/mol. The highest BCUT2D eigenvalue weighted by molar-refractivity contribution is 5.90. The quantitative estimate of drug-likeness (QED) is 0.732. The zero-order chi connectivity index (χ0) is 14.0. The molecule has 0 bridgehead atoms. The number of rotatable bonds is 3. The van der Waals surface area contributed by atoms with E-state index in [-0.39, 0.29) is 17.2 Å². The standard InChI is InChI=1S/C15H21FN2O2/c16-15(3-4-15)13(20)17-7-5-14(6-8-17)10-18(12(14)19)9-11-1-2-11/h11H,1-10H2. The van der Waals surface area contributed by atoms with Crippen LogP contribution in [0.3, 0.4) is 0 Å². The van der Waals surface area contributed by atoms with Gasteiger partial charge in [-0.2, -0.15) is 0 Å². The van der Waals surface area contributed by atoms with E-state index in [1.165, 1.54) is 12.8 Å². The number of alkyl halides is 1. The van der Waals surface area contributed by atoms with Crippen molar-refractivity contribution in [3.8, 4) is 0 Å². The fourth-order valence-electron chi connectivity index (χ4n) is 3.63. The maximum atomic E-state index is 13.8. The first-order valence-corrected chi connectivity index (χ1v) is 7.80. The number of likely N-dealkylation sites (tertiary alicyclic amines) is 2. The Labute approximate surface area is 118 Å². The third-order valence-corrected chi connectivity index (χ3v) is 5.49. The van der Waals surface area contributed by atoms with Gasteiger partial charge in [-0.1, -0.05) is 0 Å². The van der Waals surface area contributed by atoms with Crippen molar-refractivity contribution in [2.45, 2.75) is 44.2 Å². The topological polar surface area (TPSA) is 40.6 Å². The van der Waals surface area contributed by atoms with Crippen LogP contribution in [0.4, 0.5) is 4.39 Å². The van der Waals surface area contributed by atoms with E-state index in [1.807, 2.05) is 4.90 Å². The van der Waals surface area contributed by atoms with Crippen LogP contribution in [-0.2, 0) is 9.59 Å². The largest absolute Gasteiger partial charge is 0.341 e. The van der Waals surface area contributed by atoms with Gasteiger partial charge in [0.15, 0.2) is 5.67 Å². The van der Waals surface area contributed by atoms with Crippen molar-refractivity contribution in [3.63, 3.8) is 0 Å². The number of β-lactam (4-membered cyclic amide) rings is 1. The van der Waals surface area contributed by atoms with Crippen LogP contribution in [-0.4, -0.2) is 53.5 Å². The normalized spacial score (nSPS) is 30.4. The summed E-state index contributed by atoms with van der Waals surface area (Å²) in [6.45, 7) is 2.88. The third kappa shape index (κ3) is 1.85. The lowest BCUT2D eigenvalue weighted by Gasteiger charge is -2.52. The first kappa shape index (κ1) is 12.6. The second kappa shape index (κ2) is 3.95. The average Bonchev–Trinajstić information content (AvgIpc) is 3.36. The molecule has 2 aliphatic carbocycles. The number of carbonyl (C=O) groups is 2. The summed E-state index contributed by atoms with van der Waals surface area (Å²) in [7, 11) is 0. The van der Waals surface area contributed by atoms with Crippen LogP contribution < -0.4 is 0 Å². The number of hydrogen-bond acceptors (Lipinski definition) is 2. The number of piperidine rings is 1. The van der Waals surface area contributed by atoms with Crippen LogP contribution in [0.1, 0.15) is 38.5 Å². The Hall–Kier alpha value is -1.13. The second-order valence-electron chi connectivity index (χ2n) is 7.17. The van der Waals surface area contributed by atoms with Crippen LogP contribution >= 0.6 is 0 Å². The Morgan fingerprint density at radius 2 is 1.85 bits per heavy atom. The lowest BCUT2D eigenvalue weighted by atomic mass is 9.71. The van der Waals surface area contributed by atoms with Gasteiger partial charge in [-0.05, 0) is 44.4 Å². The summed E-state index contributed by atoms with van der Waals surface area (Å²) in [5, 5.41) is 0. The van der Waals surface area contributed by atoms with Crippen molar-refractivity contribution >= 4 is 11.8 Å². The molecule has 2 aliphatic heterocycles. The van der Waals surface area contributed by atoms with Crippen LogP contribution in [0.5, 0.6) is 0 Å². The molecule has 2 saturated carbocycles. The molecule has 110 valence electrons. The lowest BCUT2D eigenvalue weighted by Crippen LogP contribution is -2.65. The minimum Gasteiger partial charge on any atom is -0.341 e. The summed E-state index contributed by atoms with van der Waals surface area (Å²) in [5.41, 5.74) is -1.79. The Bertz CT molecular complexity index is 462. The summed E-state index contributed by atoms with van der Waals surface area (Å²) in [5.74, 6) is 0.672. The van der Waals surface area contributed by atoms with Crippen LogP contribution in [0, 0.1) is 11.3 Å². The van der Waals surface area contributed by atoms with Gasteiger partial charge in [-0.25, -0.2) is 4.39 Å². The Morgan fingerprint density at radius 1 is 1.20 bits per heavy atom. The predicted molar refractivity (Wildman–Crippen MR) is 70.6 cm³/mol. The van der Waals surface area contributed by atoms with Crippen molar-refractivity contribution in [2.24, 2.45) is 11.3 Å². The molecule has 2 heterocycles. The van der Waals surface area contributed by atoms with E-state index in [1.54, 1.807) is 4.90 Å². The molecule has 5 heteroatoms. The molecule has 2 saturated heterocycles. The van der Waals surface area contributed by atoms with Gasteiger partial charge in [0.25, 0.3) is 5.91 Å². The summed E-state index contributed by atoms with van der Waals surface area (Å²) < 4.78 is 13.8. The number of halogens is 1. The van der Waals surface area contributed by atoms with Gasteiger partial charge < -0.3 is 9.80 Å². The summed E-state index contributed by atoms with van der Waals surface area (Å²) in [4.78, 5) is 27.9. The van der Waals surface area contributed by atoms with E-state index in [9.17, 15) is 14.0 Å². The molecule has 0 radical (unpaired) electrons. The molecule has 20 heavy (non-hydrogen) atoms. The number of amides is 2. The summed E-state index contributed by atoms with van der Waals surface area (Å²) in [6, 6.07) is 0. The van der Waals surface area contributed by atoms with Crippen molar-refractivity contribution in [3.05, 3.63) is 0 Å². The highest BCUT2D eigenvalue weighted by Gasteiger charge is 2.57. The Morgan fingerprint density at radius 3 is 2.35 bits per heavy atom. The number of hydrogen-bond donors (Lipinski definition) is 0. The van der Waals surface area contributed by atoms with E-state index >= 15 is 0 Å². The molecule has 0 aromatic rings. The van der Waals surface area contributed by atoms with Gasteiger partial charge in [-0.15, -0.1) is 0 Å². The second-order valence-corrected chi connectivity index (χ2v) is 7.17. The van der Waals surface area contributed by atoms with Gasteiger partial charge in [0.05, 0.1) is 5.41 Å². The van der Waals surface area contributed by atoms with Gasteiger partial charge in [0.2, 0.25) is 5.91 Å². The van der Waals surface area contributed by atoms with Crippen LogP contribution in [0.2, 0.25) is 0 Å².